The number of hydrogen-bond donors (Lipinski definition) is 1. The molecule has 0 spiro atoms. The van der Waals surface area contributed by atoms with E-state index in [4.69, 9.17) is 9.29 Å². The molecule has 0 aromatic carbocycles. The van der Waals surface area contributed by atoms with Gasteiger partial charge in [-0.15, -0.1) is 0 Å². The minimum absolute atomic E-state index is 0.235. The fraction of sp³-hybridized carbons (Fsp3) is 0.769. The van der Waals surface area contributed by atoms with E-state index in [1.807, 2.05) is 0 Å². The molecule has 0 aliphatic rings. The number of esters is 1. The van der Waals surface area contributed by atoms with Crippen molar-refractivity contribution in [2.75, 3.05) is 6.61 Å². The number of rotatable bonds is 12. The molecule has 0 unspecified atom stereocenters. The number of allylic oxidation sites excluding steroid dienone is 1. The Balaban J connectivity index is 3.43. The number of carbonyl (C=O) groups excluding carboxylic acids is 1. The Kier molecular flexibility index (Phi) is 11.3. The average Bonchev–Trinajstić information content (AvgIpc) is 2.35. The molecule has 0 saturated carbocycles. The fourth-order valence-electron chi connectivity index (χ4n) is 1.52. The summed E-state index contributed by atoms with van der Waals surface area (Å²) >= 11 is 0. The summed E-state index contributed by atoms with van der Waals surface area (Å²) in [6.45, 7) is 1.75. The van der Waals surface area contributed by atoms with Crippen molar-refractivity contribution >= 4 is 16.4 Å². The SMILES string of the molecule is CCCCCCCCC=COC(=O)CCOS(=O)(=O)O. The van der Waals surface area contributed by atoms with Gasteiger partial charge in [-0.3, -0.25) is 9.35 Å². The number of hydrogen-bond acceptors (Lipinski definition) is 5. The van der Waals surface area contributed by atoms with E-state index < -0.39 is 23.0 Å². The molecule has 0 aromatic heterocycles. The second-order valence-corrected chi connectivity index (χ2v) is 5.51. The van der Waals surface area contributed by atoms with Crippen molar-refractivity contribution in [3.05, 3.63) is 12.3 Å². The van der Waals surface area contributed by atoms with Gasteiger partial charge in [0.1, 0.15) is 0 Å². The monoisotopic (exact) mass is 308 g/mol. The zero-order chi connectivity index (χ0) is 15.3. The molecule has 0 aliphatic carbocycles. The van der Waals surface area contributed by atoms with Crippen LogP contribution in [0.15, 0.2) is 12.3 Å². The molecular weight excluding hydrogens is 284 g/mol. The summed E-state index contributed by atoms with van der Waals surface area (Å²) in [7, 11) is -4.49. The Bertz CT molecular complexity index is 374. The van der Waals surface area contributed by atoms with Gasteiger partial charge in [0, 0.05) is 0 Å². The summed E-state index contributed by atoms with van der Waals surface area (Å²) in [6.07, 6.45) is 10.9. The van der Waals surface area contributed by atoms with Gasteiger partial charge in [-0.05, 0) is 18.9 Å². The predicted octanol–water partition coefficient (Wildman–Crippen LogP) is 3.00. The van der Waals surface area contributed by atoms with Crippen LogP contribution in [0.5, 0.6) is 0 Å². The van der Waals surface area contributed by atoms with Crippen LogP contribution in [0.2, 0.25) is 0 Å². The van der Waals surface area contributed by atoms with Gasteiger partial charge in [0.25, 0.3) is 0 Å². The van der Waals surface area contributed by atoms with Crippen LogP contribution < -0.4 is 0 Å². The maximum Gasteiger partial charge on any atom is 0.397 e. The quantitative estimate of drug-likeness (QED) is 0.258. The number of ether oxygens (including phenoxy) is 1. The third-order valence-corrected chi connectivity index (χ3v) is 3.02. The summed E-state index contributed by atoms with van der Waals surface area (Å²) in [6, 6.07) is 0. The van der Waals surface area contributed by atoms with E-state index in [0.29, 0.717) is 0 Å². The summed E-state index contributed by atoms with van der Waals surface area (Å²) in [5.41, 5.74) is 0. The van der Waals surface area contributed by atoms with Crippen LogP contribution in [0.1, 0.15) is 58.3 Å². The largest absolute Gasteiger partial charge is 0.435 e. The molecule has 0 radical (unpaired) electrons. The standard InChI is InChI=1S/C13H24O6S/c1-2-3-4-5-6-7-8-9-11-18-13(14)10-12-19-20(15,16)17/h9,11H,2-8,10,12H2,1H3,(H,15,16,17). The molecule has 0 heterocycles. The Hall–Kier alpha value is -0.920. The first-order valence-electron chi connectivity index (χ1n) is 6.92. The first-order chi connectivity index (χ1) is 9.45. The van der Waals surface area contributed by atoms with E-state index in [-0.39, 0.29) is 6.42 Å². The zero-order valence-corrected chi connectivity index (χ0v) is 12.7. The fourth-order valence-corrected chi connectivity index (χ4v) is 1.82. The van der Waals surface area contributed by atoms with Gasteiger partial charge in [0.2, 0.25) is 0 Å². The van der Waals surface area contributed by atoms with Crippen LogP contribution in [0.4, 0.5) is 0 Å². The summed E-state index contributed by atoms with van der Waals surface area (Å²) < 4.78 is 37.4. The second-order valence-electron chi connectivity index (χ2n) is 4.42. The van der Waals surface area contributed by atoms with Crippen molar-refractivity contribution in [3.63, 3.8) is 0 Å². The maximum atomic E-state index is 11.1. The minimum Gasteiger partial charge on any atom is -0.435 e. The van der Waals surface area contributed by atoms with E-state index >= 15 is 0 Å². The van der Waals surface area contributed by atoms with Crippen molar-refractivity contribution in [1.29, 1.82) is 0 Å². The molecule has 1 N–H and O–H groups in total. The first-order valence-corrected chi connectivity index (χ1v) is 8.28. The molecule has 0 fully saturated rings. The Morgan fingerprint density at radius 3 is 2.45 bits per heavy atom. The van der Waals surface area contributed by atoms with E-state index in [9.17, 15) is 13.2 Å². The van der Waals surface area contributed by atoms with Crippen molar-refractivity contribution in [2.24, 2.45) is 0 Å². The van der Waals surface area contributed by atoms with Crippen molar-refractivity contribution < 1.29 is 26.7 Å². The van der Waals surface area contributed by atoms with Gasteiger partial charge in [0.15, 0.2) is 0 Å². The first kappa shape index (κ1) is 19.1. The van der Waals surface area contributed by atoms with Crippen molar-refractivity contribution in [3.8, 4) is 0 Å². The smallest absolute Gasteiger partial charge is 0.397 e. The highest BCUT2D eigenvalue weighted by atomic mass is 32.3. The van der Waals surface area contributed by atoms with Crippen LogP contribution in [0.25, 0.3) is 0 Å². The normalized spacial score (nSPS) is 11.9. The molecular formula is C13H24O6S. The second kappa shape index (κ2) is 11.9. The van der Waals surface area contributed by atoms with E-state index in [0.717, 1.165) is 12.8 Å². The lowest BCUT2D eigenvalue weighted by Gasteiger charge is -2.00. The van der Waals surface area contributed by atoms with Crippen LogP contribution in [0.3, 0.4) is 0 Å². The van der Waals surface area contributed by atoms with Crippen LogP contribution in [-0.4, -0.2) is 25.5 Å². The number of unbranched alkanes of at least 4 members (excludes halogenated alkanes) is 6. The molecule has 0 aliphatic heterocycles. The molecule has 0 rings (SSSR count). The van der Waals surface area contributed by atoms with Crippen molar-refractivity contribution in [1.82, 2.24) is 0 Å². The van der Waals surface area contributed by atoms with Crippen LogP contribution >= 0.6 is 0 Å². The average molecular weight is 308 g/mol. The molecule has 0 saturated heterocycles. The molecule has 0 atom stereocenters. The predicted molar refractivity (Wildman–Crippen MR) is 75.3 cm³/mol. The molecule has 0 bridgehead atoms. The van der Waals surface area contributed by atoms with Crippen LogP contribution in [-0.2, 0) is 24.1 Å². The Morgan fingerprint density at radius 1 is 1.15 bits per heavy atom. The third-order valence-electron chi connectivity index (χ3n) is 2.56. The molecule has 7 heteroatoms. The van der Waals surface area contributed by atoms with Gasteiger partial charge in [-0.2, -0.15) is 8.42 Å². The Morgan fingerprint density at radius 2 is 1.80 bits per heavy atom. The highest BCUT2D eigenvalue weighted by molar-refractivity contribution is 7.80. The van der Waals surface area contributed by atoms with Gasteiger partial charge in [-0.1, -0.05) is 39.0 Å². The summed E-state index contributed by atoms with van der Waals surface area (Å²) in [4.78, 5) is 11.1. The lowest BCUT2D eigenvalue weighted by Crippen LogP contribution is -2.09. The third kappa shape index (κ3) is 15.1. The molecule has 6 nitrogen and oxygen atoms in total. The summed E-state index contributed by atoms with van der Waals surface area (Å²) in [5.74, 6) is -0.604. The number of carbonyl (C=O) groups is 1. The van der Waals surface area contributed by atoms with E-state index in [2.05, 4.69) is 11.1 Å². The molecule has 118 valence electrons. The van der Waals surface area contributed by atoms with E-state index in [1.165, 1.54) is 38.4 Å². The zero-order valence-electron chi connectivity index (χ0n) is 11.9. The molecule has 0 amide bonds. The highest BCUT2D eigenvalue weighted by Crippen LogP contribution is 2.07. The van der Waals surface area contributed by atoms with Gasteiger partial charge in [0.05, 0.1) is 19.3 Å². The lowest BCUT2D eigenvalue weighted by molar-refractivity contribution is -0.138. The van der Waals surface area contributed by atoms with Gasteiger partial charge < -0.3 is 4.74 Å². The van der Waals surface area contributed by atoms with Gasteiger partial charge >= 0.3 is 16.4 Å². The topological polar surface area (TPSA) is 89.9 Å². The lowest BCUT2D eigenvalue weighted by atomic mass is 10.1. The van der Waals surface area contributed by atoms with Crippen molar-refractivity contribution in [2.45, 2.75) is 58.3 Å². The van der Waals surface area contributed by atoms with Crippen LogP contribution in [0, 0.1) is 0 Å². The molecule has 0 aromatic rings. The molecule has 20 heavy (non-hydrogen) atoms. The van der Waals surface area contributed by atoms with E-state index in [1.54, 1.807) is 6.08 Å². The highest BCUT2D eigenvalue weighted by Gasteiger charge is 2.07. The Labute approximate surface area is 121 Å². The maximum absolute atomic E-state index is 11.1. The van der Waals surface area contributed by atoms with Gasteiger partial charge in [-0.25, -0.2) is 4.18 Å². The minimum atomic E-state index is -4.49. The summed E-state index contributed by atoms with van der Waals surface area (Å²) in [5, 5.41) is 0.